The Balaban J connectivity index is 5.63. The summed E-state index contributed by atoms with van der Waals surface area (Å²) in [6, 6.07) is 3.84. The van der Waals surface area contributed by atoms with Crippen molar-refractivity contribution in [2.45, 2.75) is 78.1 Å². The van der Waals surface area contributed by atoms with Gasteiger partial charge in [0.05, 0.1) is 0 Å². The molecule has 0 heterocycles. The Hall–Kier alpha value is 0.228. The molecule has 0 aromatic carbocycles. The normalized spacial score (nSPS) is 13.9. The molecule has 0 bridgehead atoms. The summed E-state index contributed by atoms with van der Waals surface area (Å²) in [5.41, 5.74) is 4.02. The fourth-order valence-corrected chi connectivity index (χ4v) is 20.3. The number of rotatable bonds is 12. The van der Waals surface area contributed by atoms with Crippen molar-refractivity contribution in [1.29, 1.82) is 0 Å². The SMILES string of the molecule is C=C[Si](C)(C)O[Si](CC)(CC)O[Si](CC)(CC)O[Si](C)(C)C=C. The lowest BCUT2D eigenvalue weighted by Gasteiger charge is -2.44. The highest BCUT2D eigenvalue weighted by molar-refractivity contribution is 6.92. The summed E-state index contributed by atoms with van der Waals surface area (Å²) < 4.78 is 20.2. The second-order valence-electron chi connectivity index (χ2n) is 7.16. The molecule has 0 unspecified atom stereocenters. The van der Waals surface area contributed by atoms with Crippen LogP contribution in [0.1, 0.15) is 27.7 Å². The van der Waals surface area contributed by atoms with Crippen LogP contribution in [0.5, 0.6) is 0 Å². The Morgan fingerprint density at radius 1 is 0.609 bits per heavy atom. The molecule has 0 amide bonds. The lowest BCUT2D eigenvalue weighted by atomic mass is 10.9. The standard InChI is InChI=1S/C16H38O3Si4/c1-11-20(7,8)17-22(13-3,14-4)19-23(15-5,16-6)18-21(9,10)12-2/h11-12H,1-2,13-16H2,3-10H3. The van der Waals surface area contributed by atoms with Gasteiger partial charge in [-0.2, -0.15) is 0 Å². The maximum absolute atomic E-state index is 6.91. The van der Waals surface area contributed by atoms with E-state index in [0.717, 1.165) is 24.2 Å². The van der Waals surface area contributed by atoms with E-state index < -0.39 is 33.8 Å². The number of hydrogen-bond acceptors (Lipinski definition) is 3. The molecule has 136 valence electrons. The highest BCUT2D eigenvalue weighted by atomic mass is 28.5. The maximum atomic E-state index is 6.91. The van der Waals surface area contributed by atoms with Crippen LogP contribution < -0.4 is 0 Å². The van der Waals surface area contributed by atoms with Crippen molar-refractivity contribution in [3.05, 3.63) is 24.6 Å². The van der Waals surface area contributed by atoms with Gasteiger partial charge in [0, 0.05) is 0 Å². The Bertz CT molecular complexity index is 353. The van der Waals surface area contributed by atoms with Crippen LogP contribution in [-0.4, -0.2) is 33.8 Å². The van der Waals surface area contributed by atoms with E-state index in [0.29, 0.717) is 0 Å². The monoisotopic (exact) mass is 390 g/mol. The molecule has 0 fully saturated rings. The molecule has 0 atom stereocenters. The molecule has 23 heavy (non-hydrogen) atoms. The van der Waals surface area contributed by atoms with Crippen LogP contribution in [-0.2, 0) is 12.3 Å². The van der Waals surface area contributed by atoms with E-state index in [1.54, 1.807) is 0 Å². The second-order valence-corrected chi connectivity index (χ2v) is 23.3. The molecule has 0 N–H and O–H groups in total. The molecule has 0 aliphatic carbocycles. The molecule has 0 radical (unpaired) electrons. The van der Waals surface area contributed by atoms with Crippen molar-refractivity contribution in [2.24, 2.45) is 0 Å². The average Bonchev–Trinajstić information content (AvgIpc) is 2.53. The predicted molar refractivity (Wildman–Crippen MR) is 112 cm³/mol. The lowest BCUT2D eigenvalue weighted by molar-refractivity contribution is 0.310. The van der Waals surface area contributed by atoms with Gasteiger partial charge in [0.15, 0.2) is 16.6 Å². The van der Waals surface area contributed by atoms with E-state index >= 15 is 0 Å². The van der Waals surface area contributed by atoms with Gasteiger partial charge in [-0.1, -0.05) is 39.1 Å². The fraction of sp³-hybridized carbons (Fsp3) is 0.750. The summed E-state index contributed by atoms with van der Waals surface area (Å²) in [6.45, 7) is 25.5. The molecule has 0 saturated carbocycles. The van der Waals surface area contributed by atoms with E-state index in [1.165, 1.54) is 0 Å². The smallest absolute Gasteiger partial charge is 0.318 e. The van der Waals surface area contributed by atoms with E-state index in [1.807, 2.05) is 11.4 Å². The molecule has 0 spiro atoms. The molecule has 0 saturated heterocycles. The first-order valence-corrected chi connectivity index (χ1v) is 19.3. The Morgan fingerprint density at radius 3 is 1.04 bits per heavy atom. The largest absolute Gasteiger partial charge is 0.433 e. The first-order chi connectivity index (χ1) is 10.5. The second kappa shape index (κ2) is 9.07. The minimum atomic E-state index is -2.27. The Morgan fingerprint density at radius 2 is 0.870 bits per heavy atom. The minimum Gasteiger partial charge on any atom is -0.433 e. The third-order valence-corrected chi connectivity index (χ3v) is 20.8. The van der Waals surface area contributed by atoms with Crippen LogP contribution in [0.2, 0.25) is 50.4 Å². The van der Waals surface area contributed by atoms with Gasteiger partial charge < -0.3 is 12.3 Å². The third kappa shape index (κ3) is 6.93. The van der Waals surface area contributed by atoms with Crippen molar-refractivity contribution in [3.63, 3.8) is 0 Å². The van der Waals surface area contributed by atoms with E-state index in [4.69, 9.17) is 12.3 Å². The van der Waals surface area contributed by atoms with Gasteiger partial charge in [-0.15, -0.1) is 13.2 Å². The highest BCUT2D eigenvalue weighted by Crippen LogP contribution is 2.33. The molecule has 0 aliphatic rings. The third-order valence-electron chi connectivity index (χ3n) is 4.41. The molecule has 7 heteroatoms. The van der Waals surface area contributed by atoms with Crippen molar-refractivity contribution in [1.82, 2.24) is 0 Å². The highest BCUT2D eigenvalue weighted by Gasteiger charge is 2.49. The first kappa shape index (κ1) is 23.2. The fourth-order valence-electron chi connectivity index (χ4n) is 2.50. The predicted octanol–water partition coefficient (Wildman–Crippen LogP) is 5.86. The molecule has 0 aromatic rings. The summed E-state index contributed by atoms with van der Waals surface area (Å²) in [7, 11) is -8.33. The topological polar surface area (TPSA) is 27.7 Å². The zero-order valence-corrected chi connectivity index (χ0v) is 20.6. The zero-order valence-electron chi connectivity index (χ0n) is 16.6. The summed E-state index contributed by atoms with van der Waals surface area (Å²) in [6.07, 6.45) is 0. The van der Waals surface area contributed by atoms with Gasteiger partial charge in [-0.05, 0) is 50.4 Å². The molecule has 3 nitrogen and oxygen atoms in total. The molecular formula is C16H38O3Si4. The van der Waals surface area contributed by atoms with E-state index in [-0.39, 0.29) is 0 Å². The summed E-state index contributed by atoms with van der Waals surface area (Å²) >= 11 is 0. The van der Waals surface area contributed by atoms with Gasteiger partial charge >= 0.3 is 17.1 Å². The van der Waals surface area contributed by atoms with Crippen LogP contribution in [0.3, 0.4) is 0 Å². The molecular weight excluding hydrogens is 353 g/mol. The van der Waals surface area contributed by atoms with E-state index in [2.05, 4.69) is 67.0 Å². The average molecular weight is 391 g/mol. The van der Waals surface area contributed by atoms with Gasteiger partial charge in [0.25, 0.3) is 0 Å². The van der Waals surface area contributed by atoms with Gasteiger partial charge in [0.2, 0.25) is 0 Å². The van der Waals surface area contributed by atoms with Crippen molar-refractivity contribution < 1.29 is 12.3 Å². The molecule has 0 aromatic heterocycles. The van der Waals surface area contributed by atoms with Gasteiger partial charge in [-0.3, -0.25) is 0 Å². The summed E-state index contributed by atoms with van der Waals surface area (Å²) in [4.78, 5) is 0. The van der Waals surface area contributed by atoms with Crippen LogP contribution in [0, 0.1) is 0 Å². The molecule has 0 rings (SSSR count). The van der Waals surface area contributed by atoms with Crippen molar-refractivity contribution >= 4 is 33.8 Å². The van der Waals surface area contributed by atoms with Gasteiger partial charge in [-0.25, -0.2) is 0 Å². The maximum Gasteiger partial charge on any atom is 0.318 e. The Labute approximate surface area is 148 Å². The van der Waals surface area contributed by atoms with Crippen molar-refractivity contribution in [2.75, 3.05) is 0 Å². The van der Waals surface area contributed by atoms with Crippen molar-refractivity contribution in [3.8, 4) is 0 Å². The van der Waals surface area contributed by atoms with Crippen LogP contribution >= 0.6 is 0 Å². The summed E-state index contributed by atoms with van der Waals surface area (Å²) in [5, 5.41) is 0. The summed E-state index contributed by atoms with van der Waals surface area (Å²) in [5.74, 6) is 0. The Kier molecular flexibility index (Phi) is 9.16. The number of hydrogen-bond donors (Lipinski definition) is 0. The van der Waals surface area contributed by atoms with E-state index in [9.17, 15) is 0 Å². The quantitative estimate of drug-likeness (QED) is 0.390. The van der Waals surface area contributed by atoms with Crippen LogP contribution in [0.4, 0.5) is 0 Å². The van der Waals surface area contributed by atoms with Crippen LogP contribution in [0.25, 0.3) is 0 Å². The molecule has 0 aliphatic heterocycles. The first-order valence-electron chi connectivity index (χ1n) is 8.86. The van der Waals surface area contributed by atoms with Gasteiger partial charge in [0.1, 0.15) is 0 Å². The van der Waals surface area contributed by atoms with Crippen LogP contribution in [0.15, 0.2) is 24.6 Å². The zero-order chi connectivity index (χ0) is 18.4. The lowest BCUT2D eigenvalue weighted by Crippen LogP contribution is -2.60. The minimum absolute atomic E-state index is 0.960.